The Hall–Kier alpha value is -3.22. The van der Waals surface area contributed by atoms with E-state index in [1.54, 1.807) is 0 Å². The summed E-state index contributed by atoms with van der Waals surface area (Å²) in [5, 5.41) is 0. The molecule has 1 aliphatic rings. The van der Waals surface area contributed by atoms with Crippen molar-refractivity contribution in [3.63, 3.8) is 0 Å². The molecule has 0 fully saturated rings. The van der Waals surface area contributed by atoms with Crippen molar-refractivity contribution in [1.29, 1.82) is 0 Å². The average molecular weight is 468 g/mol. The van der Waals surface area contributed by atoms with Crippen LogP contribution in [-0.4, -0.2) is 17.9 Å². The van der Waals surface area contributed by atoms with Crippen molar-refractivity contribution >= 4 is 17.9 Å². The van der Waals surface area contributed by atoms with Gasteiger partial charge >= 0.3 is 192 Å². The summed E-state index contributed by atoms with van der Waals surface area (Å²) in [6, 6.07) is 14.9. The Morgan fingerprint density at radius 1 is 0.656 bits per heavy atom. The van der Waals surface area contributed by atoms with E-state index in [1.165, 1.54) is 20.8 Å². The van der Waals surface area contributed by atoms with Gasteiger partial charge in [0.05, 0.1) is 0 Å². The van der Waals surface area contributed by atoms with E-state index in [9.17, 15) is 14.4 Å². The van der Waals surface area contributed by atoms with E-state index in [2.05, 4.69) is 19.7 Å². The monoisotopic (exact) mass is 468 g/mol. The summed E-state index contributed by atoms with van der Waals surface area (Å²) in [7, 11) is 0. The molecule has 0 saturated heterocycles. The summed E-state index contributed by atoms with van der Waals surface area (Å²) in [4.78, 5) is 38.2. The minimum atomic E-state index is -5.18. The molecule has 0 amide bonds. The minimum absolute atomic E-state index is 0.0808. The summed E-state index contributed by atoms with van der Waals surface area (Å²) in [6.45, 7) is 15.3. The zero-order valence-corrected chi connectivity index (χ0v) is 19.8. The number of hydrogen-bond donors (Lipinski definition) is 0. The van der Waals surface area contributed by atoms with E-state index in [4.69, 9.17) is 9.96 Å². The van der Waals surface area contributed by atoms with Crippen LogP contribution in [0.4, 0.5) is 0 Å². The SMILES string of the molecule is C=C(C)C(=O)[O][Ti]([O]C(=O)C(=C)C)([O]C(=O)C(=C)C)[CH]1c2ccccc2-c2ccccc21. The molecule has 1 aliphatic carbocycles. The summed E-state index contributed by atoms with van der Waals surface area (Å²) in [6.07, 6.45) is 0. The third-order valence-corrected chi connectivity index (χ3v) is 9.21. The van der Waals surface area contributed by atoms with E-state index in [0.717, 1.165) is 22.3 Å². The van der Waals surface area contributed by atoms with E-state index < -0.39 is 39.9 Å². The fourth-order valence-corrected chi connectivity index (χ4v) is 8.17. The number of fused-ring (bicyclic) bond motifs is 3. The maximum atomic E-state index is 12.7. The van der Waals surface area contributed by atoms with Crippen LogP contribution in [0.25, 0.3) is 11.1 Å². The van der Waals surface area contributed by atoms with E-state index in [-0.39, 0.29) is 16.7 Å². The molecule has 0 atom stereocenters. The molecule has 2 aromatic carbocycles. The van der Waals surface area contributed by atoms with Gasteiger partial charge in [0.1, 0.15) is 0 Å². The van der Waals surface area contributed by atoms with Crippen molar-refractivity contribution in [3.05, 3.63) is 96.1 Å². The Bertz CT molecular complexity index is 1050. The molecular formula is C25H24O6Ti. The molecule has 164 valence electrons. The van der Waals surface area contributed by atoms with Gasteiger partial charge in [-0.25, -0.2) is 0 Å². The van der Waals surface area contributed by atoms with Crippen LogP contribution in [0.5, 0.6) is 0 Å². The fraction of sp³-hybridized carbons (Fsp3) is 0.160. The van der Waals surface area contributed by atoms with Crippen LogP contribution in [0.3, 0.4) is 0 Å². The number of benzene rings is 2. The molecule has 2 aromatic rings. The van der Waals surface area contributed by atoms with Gasteiger partial charge in [0.15, 0.2) is 0 Å². The summed E-state index contributed by atoms with van der Waals surface area (Å²) < 4.78 is 16.7. The number of carbonyl (C=O) groups excluding carboxylic acids is 3. The van der Waals surface area contributed by atoms with Gasteiger partial charge < -0.3 is 0 Å². The molecule has 0 heterocycles. The second kappa shape index (κ2) is 9.11. The van der Waals surface area contributed by atoms with Crippen LogP contribution in [0.1, 0.15) is 36.1 Å². The van der Waals surface area contributed by atoms with Crippen molar-refractivity contribution in [3.8, 4) is 11.1 Å². The maximum absolute atomic E-state index is 12.7. The summed E-state index contributed by atoms with van der Waals surface area (Å²) in [5.74, 6) is -2.43. The van der Waals surface area contributed by atoms with Gasteiger partial charge in [0.2, 0.25) is 0 Å². The van der Waals surface area contributed by atoms with Crippen LogP contribution in [-0.2, 0) is 42.1 Å². The normalized spacial score (nSPS) is 12.2. The van der Waals surface area contributed by atoms with Gasteiger partial charge in [-0.1, -0.05) is 0 Å². The first-order valence-corrected chi connectivity index (χ1v) is 12.7. The van der Waals surface area contributed by atoms with Gasteiger partial charge in [-0.3, -0.25) is 0 Å². The molecule has 0 bridgehead atoms. The van der Waals surface area contributed by atoms with Gasteiger partial charge in [0, 0.05) is 0 Å². The molecule has 0 unspecified atom stereocenters. The van der Waals surface area contributed by atoms with Crippen LogP contribution < -0.4 is 0 Å². The molecule has 0 radical (unpaired) electrons. The second-order valence-electron chi connectivity index (χ2n) is 7.72. The first-order chi connectivity index (χ1) is 15.1. The first kappa shape index (κ1) is 23.4. The topological polar surface area (TPSA) is 78.9 Å². The second-order valence-corrected chi connectivity index (χ2v) is 11.5. The molecule has 0 aliphatic heterocycles. The molecule has 0 spiro atoms. The van der Waals surface area contributed by atoms with E-state index in [1.807, 2.05) is 48.5 Å². The summed E-state index contributed by atoms with van der Waals surface area (Å²) >= 11 is -5.18. The Kier molecular flexibility index (Phi) is 6.67. The quantitative estimate of drug-likeness (QED) is 0.420. The third kappa shape index (κ3) is 4.38. The average Bonchev–Trinajstić information content (AvgIpc) is 3.08. The Balaban J connectivity index is 2.31. The molecule has 0 saturated carbocycles. The Morgan fingerprint density at radius 3 is 1.28 bits per heavy atom. The summed E-state index contributed by atoms with van der Waals surface area (Å²) in [5.41, 5.74) is 3.49. The van der Waals surface area contributed by atoms with E-state index in [0.29, 0.717) is 0 Å². The number of carbonyl (C=O) groups is 3. The van der Waals surface area contributed by atoms with Crippen molar-refractivity contribution in [1.82, 2.24) is 0 Å². The molecule has 3 rings (SSSR count). The van der Waals surface area contributed by atoms with Crippen molar-refractivity contribution < 1.29 is 42.1 Å². The van der Waals surface area contributed by atoms with Gasteiger partial charge in [-0.15, -0.1) is 0 Å². The molecule has 6 nitrogen and oxygen atoms in total. The zero-order valence-electron chi connectivity index (χ0n) is 18.3. The van der Waals surface area contributed by atoms with Gasteiger partial charge in [-0.2, -0.15) is 0 Å². The van der Waals surface area contributed by atoms with Crippen LogP contribution in [0.2, 0.25) is 0 Å². The van der Waals surface area contributed by atoms with Crippen molar-refractivity contribution in [2.75, 3.05) is 0 Å². The molecule has 32 heavy (non-hydrogen) atoms. The van der Waals surface area contributed by atoms with Gasteiger partial charge in [0.25, 0.3) is 0 Å². The van der Waals surface area contributed by atoms with Crippen LogP contribution >= 0.6 is 0 Å². The zero-order chi connectivity index (χ0) is 23.6. The van der Waals surface area contributed by atoms with Crippen molar-refractivity contribution in [2.45, 2.75) is 25.0 Å². The predicted octanol–water partition coefficient (Wildman–Crippen LogP) is 5.01. The van der Waals surface area contributed by atoms with Crippen LogP contribution in [0, 0.1) is 0 Å². The first-order valence-electron chi connectivity index (χ1n) is 9.92. The molecular weight excluding hydrogens is 444 g/mol. The van der Waals surface area contributed by atoms with Crippen LogP contribution in [0.15, 0.2) is 85.0 Å². The fourth-order valence-electron chi connectivity index (χ4n) is 3.42. The molecule has 7 heteroatoms. The Morgan fingerprint density at radius 2 is 0.969 bits per heavy atom. The standard InChI is InChI=1S/C13H9.3C4H6O2.Ti/c1-3-7-12-10(5-1)9-11-6-2-4-8-13(11)12;3*1-3(2)4(5)6;/h1-9H;3*1H2,2H3,(H,5,6);/q;;;;+3/p-3. The van der Waals surface area contributed by atoms with Crippen molar-refractivity contribution in [2.24, 2.45) is 0 Å². The number of hydrogen-bond acceptors (Lipinski definition) is 6. The van der Waals surface area contributed by atoms with Gasteiger partial charge in [-0.05, 0) is 0 Å². The number of rotatable bonds is 7. The molecule has 0 N–H and O–H groups in total. The van der Waals surface area contributed by atoms with E-state index >= 15 is 0 Å². The molecule has 0 aromatic heterocycles. The third-order valence-electron chi connectivity index (χ3n) is 4.94. The predicted molar refractivity (Wildman–Crippen MR) is 116 cm³/mol. The Labute approximate surface area is 192 Å².